The van der Waals surface area contributed by atoms with E-state index in [9.17, 15) is 0 Å². The van der Waals surface area contributed by atoms with E-state index in [0.717, 1.165) is 32.3 Å². The third-order valence-electron chi connectivity index (χ3n) is 3.05. The summed E-state index contributed by atoms with van der Waals surface area (Å²) in [7, 11) is 0. The van der Waals surface area contributed by atoms with E-state index < -0.39 is 0 Å². The lowest BCUT2D eigenvalue weighted by Crippen LogP contribution is -2.06. The van der Waals surface area contributed by atoms with Crippen molar-refractivity contribution >= 4 is 0 Å². The van der Waals surface area contributed by atoms with Gasteiger partial charge in [-0.25, -0.2) is 0 Å². The minimum atomic E-state index is 0.392. The zero-order valence-corrected chi connectivity index (χ0v) is 12.3. The second kappa shape index (κ2) is 9.76. The van der Waals surface area contributed by atoms with Gasteiger partial charge < -0.3 is 14.2 Å². The molecule has 2 heterocycles. The van der Waals surface area contributed by atoms with Crippen molar-refractivity contribution in [2.24, 2.45) is 5.92 Å². The van der Waals surface area contributed by atoms with E-state index in [1.54, 1.807) is 0 Å². The molecule has 0 amide bonds. The number of epoxide rings is 2. The van der Waals surface area contributed by atoms with Crippen LogP contribution < -0.4 is 0 Å². The molecule has 2 atom stereocenters. The van der Waals surface area contributed by atoms with Gasteiger partial charge in [0.05, 0.1) is 26.4 Å². The van der Waals surface area contributed by atoms with Gasteiger partial charge in [0, 0.05) is 0 Å². The average molecular weight is 258 g/mol. The van der Waals surface area contributed by atoms with Crippen molar-refractivity contribution in [1.29, 1.82) is 0 Å². The molecule has 18 heavy (non-hydrogen) atoms. The van der Waals surface area contributed by atoms with E-state index in [4.69, 9.17) is 14.2 Å². The number of ether oxygens (including phenoxy) is 3. The Kier molecular flexibility index (Phi) is 8.64. The molecular formula is C15H30O3. The predicted octanol–water partition coefficient (Wildman–Crippen LogP) is 3.41. The number of unbranched alkanes of at least 4 members (excludes halogenated alkanes) is 3. The van der Waals surface area contributed by atoms with Crippen molar-refractivity contribution < 1.29 is 14.2 Å². The van der Waals surface area contributed by atoms with Crippen molar-refractivity contribution in [3.05, 3.63) is 0 Å². The monoisotopic (exact) mass is 258 g/mol. The molecule has 3 heteroatoms. The van der Waals surface area contributed by atoms with Crippen molar-refractivity contribution in [3.8, 4) is 0 Å². The smallest absolute Gasteiger partial charge is 0.104 e. The fraction of sp³-hybridized carbons (Fsp3) is 1.00. The first-order chi connectivity index (χ1) is 8.72. The minimum absolute atomic E-state index is 0.392. The molecule has 0 aromatic carbocycles. The van der Waals surface area contributed by atoms with Crippen LogP contribution in [0.1, 0.15) is 52.9 Å². The summed E-state index contributed by atoms with van der Waals surface area (Å²) in [5.41, 5.74) is 0. The topological polar surface area (TPSA) is 34.3 Å². The van der Waals surface area contributed by atoms with Crippen LogP contribution >= 0.6 is 0 Å². The van der Waals surface area contributed by atoms with E-state index >= 15 is 0 Å². The largest absolute Gasteiger partial charge is 0.376 e. The van der Waals surface area contributed by atoms with Gasteiger partial charge in [0.15, 0.2) is 0 Å². The lowest BCUT2D eigenvalue weighted by atomic mass is 10.1. The molecule has 0 bridgehead atoms. The Morgan fingerprint density at radius 1 is 1.00 bits per heavy atom. The molecule has 0 aromatic heterocycles. The summed E-state index contributed by atoms with van der Waals surface area (Å²) < 4.78 is 15.1. The van der Waals surface area contributed by atoms with Crippen LogP contribution in [0.4, 0.5) is 0 Å². The zero-order valence-electron chi connectivity index (χ0n) is 12.3. The van der Waals surface area contributed by atoms with Crippen LogP contribution in [-0.4, -0.2) is 38.6 Å². The molecule has 2 aliphatic rings. The summed E-state index contributed by atoms with van der Waals surface area (Å²) in [5, 5.41) is 0. The zero-order chi connectivity index (χ0) is 13.2. The van der Waals surface area contributed by atoms with Gasteiger partial charge in [0.2, 0.25) is 0 Å². The molecule has 0 spiro atoms. The predicted molar refractivity (Wildman–Crippen MR) is 73.9 cm³/mol. The highest BCUT2D eigenvalue weighted by Crippen LogP contribution is 2.12. The highest BCUT2D eigenvalue weighted by Gasteiger charge is 2.26. The summed E-state index contributed by atoms with van der Waals surface area (Å²) in [6, 6.07) is 0. The van der Waals surface area contributed by atoms with E-state index in [1.165, 1.54) is 32.1 Å². The molecule has 2 rings (SSSR count). The first-order valence-electron chi connectivity index (χ1n) is 7.53. The van der Waals surface area contributed by atoms with E-state index in [0.29, 0.717) is 12.2 Å². The molecular weight excluding hydrogens is 228 g/mol. The van der Waals surface area contributed by atoms with Crippen LogP contribution in [0, 0.1) is 5.92 Å². The van der Waals surface area contributed by atoms with Crippen molar-refractivity contribution in [2.75, 3.05) is 26.4 Å². The second-order valence-electron chi connectivity index (χ2n) is 5.69. The molecule has 2 unspecified atom stereocenters. The average Bonchev–Trinajstić information content (AvgIpc) is 3.18. The quantitative estimate of drug-likeness (QED) is 0.469. The Hall–Kier alpha value is -0.120. The van der Waals surface area contributed by atoms with E-state index in [2.05, 4.69) is 20.8 Å². The minimum Gasteiger partial charge on any atom is -0.376 e. The van der Waals surface area contributed by atoms with Gasteiger partial charge in [-0.05, 0) is 5.92 Å². The fourth-order valence-corrected chi connectivity index (χ4v) is 1.64. The Morgan fingerprint density at radius 2 is 1.56 bits per heavy atom. The van der Waals surface area contributed by atoms with Gasteiger partial charge in [-0.2, -0.15) is 0 Å². The maximum atomic E-state index is 5.23. The number of hydrogen-bond acceptors (Lipinski definition) is 3. The molecule has 0 radical (unpaired) electrons. The Morgan fingerprint density at radius 3 is 1.94 bits per heavy atom. The van der Waals surface area contributed by atoms with Crippen LogP contribution in [0.5, 0.6) is 0 Å². The molecule has 0 N–H and O–H groups in total. The highest BCUT2D eigenvalue weighted by atomic mass is 16.6. The Labute approximate surface area is 112 Å². The van der Waals surface area contributed by atoms with E-state index in [-0.39, 0.29) is 0 Å². The van der Waals surface area contributed by atoms with Gasteiger partial charge in [0.1, 0.15) is 12.2 Å². The standard InChI is InChI=1S/C9H20.C6H10O3/c1-4-5-6-7-8-9(2)3;1(5-3-8-5)7-2-6-4-9-6/h9H,4-8H2,1-3H3;5-6H,1-4H2. The van der Waals surface area contributed by atoms with Gasteiger partial charge in [-0.1, -0.05) is 52.9 Å². The second-order valence-corrected chi connectivity index (χ2v) is 5.69. The maximum Gasteiger partial charge on any atom is 0.104 e. The fourth-order valence-electron chi connectivity index (χ4n) is 1.64. The third kappa shape index (κ3) is 11.0. The normalized spacial score (nSPS) is 24.7. The van der Waals surface area contributed by atoms with Crippen LogP contribution in [0.3, 0.4) is 0 Å². The SMILES string of the molecule is C(OCC1CO1)C1CO1.CCCCCCC(C)C. The molecule has 2 aliphatic heterocycles. The summed E-state index contributed by atoms with van der Waals surface area (Å²) in [6.45, 7) is 10.1. The van der Waals surface area contributed by atoms with Crippen molar-refractivity contribution in [1.82, 2.24) is 0 Å². The summed E-state index contributed by atoms with van der Waals surface area (Å²) >= 11 is 0. The first-order valence-corrected chi connectivity index (χ1v) is 7.53. The van der Waals surface area contributed by atoms with E-state index in [1.807, 2.05) is 0 Å². The van der Waals surface area contributed by atoms with Crippen LogP contribution in [0.15, 0.2) is 0 Å². The molecule has 2 fully saturated rings. The maximum absolute atomic E-state index is 5.23. The lowest BCUT2D eigenvalue weighted by Gasteiger charge is -2.01. The lowest BCUT2D eigenvalue weighted by molar-refractivity contribution is 0.102. The van der Waals surface area contributed by atoms with Crippen LogP contribution in [0.2, 0.25) is 0 Å². The Bertz CT molecular complexity index is 174. The van der Waals surface area contributed by atoms with Gasteiger partial charge in [-0.3, -0.25) is 0 Å². The van der Waals surface area contributed by atoms with Gasteiger partial charge >= 0.3 is 0 Å². The molecule has 108 valence electrons. The highest BCUT2D eigenvalue weighted by molar-refractivity contribution is 4.71. The summed E-state index contributed by atoms with van der Waals surface area (Å²) in [4.78, 5) is 0. The number of rotatable bonds is 9. The molecule has 3 nitrogen and oxygen atoms in total. The molecule has 2 saturated heterocycles. The van der Waals surface area contributed by atoms with Crippen LogP contribution in [-0.2, 0) is 14.2 Å². The van der Waals surface area contributed by atoms with Crippen molar-refractivity contribution in [3.63, 3.8) is 0 Å². The molecule has 0 aliphatic carbocycles. The van der Waals surface area contributed by atoms with Gasteiger partial charge in [-0.15, -0.1) is 0 Å². The van der Waals surface area contributed by atoms with Crippen molar-refractivity contribution in [2.45, 2.75) is 65.1 Å². The summed E-state index contributed by atoms with van der Waals surface area (Å²) in [5.74, 6) is 0.904. The molecule has 0 aromatic rings. The molecule has 0 saturated carbocycles. The van der Waals surface area contributed by atoms with Crippen LogP contribution in [0.25, 0.3) is 0 Å². The number of hydrogen-bond donors (Lipinski definition) is 0. The first kappa shape index (κ1) is 15.9. The Balaban J connectivity index is 0.000000180. The van der Waals surface area contributed by atoms with Gasteiger partial charge in [0.25, 0.3) is 0 Å². The summed E-state index contributed by atoms with van der Waals surface area (Å²) in [6.07, 6.45) is 7.86. The third-order valence-corrected chi connectivity index (χ3v) is 3.05.